The van der Waals surface area contributed by atoms with E-state index in [-0.39, 0.29) is 29.6 Å². The summed E-state index contributed by atoms with van der Waals surface area (Å²) < 4.78 is 43.8. The van der Waals surface area contributed by atoms with Gasteiger partial charge in [-0.2, -0.15) is 0 Å². The molecule has 7 nitrogen and oxygen atoms in total. The van der Waals surface area contributed by atoms with Crippen LogP contribution in [0.5, 0.6) is 0 Å². The second kappa shape index (κ2) is 15.0. The minimum atomic E-state index is -4.39. The number of benzene rings is 4. The quantitative estimate of drug-likeness (QED) is 0.189. The Labute approximate surface area is 263 Å². The van der Waals surface area contributed by atoms with E-state index in [2.05, 4.69) is 5.32 Å². The smallest absolute Gasteiger partial charge is 0.264 e. The maximum absolute atomic E-state index is 15.2. The Bertz CT molecular complexity index is 1670. The van der Waals surface area contributed by atoms with Gasteiger partial charge in [-0.15, -0.1) is 0 Å². The largest absolute Gasteiger partial charge is 0.352 e. The van der Waals surface area contributed by atoms with Gasteiger partial charge in [0.1, 0.15) is 18.4 Å². The Balaban J connectivity index is 1.82. The first kappa shape index (κ1) is 32.7. The monoisotopic (exact) mass is 635 g/mol. The Morgan fingerprint density at radius 1 is 0.864 bits per heavy atom. The minimum Gasteiger partial charge on any atom is -0.352 e. The summed E-state index contributed by atoms with van der Waals surface area (Å²) in [5, 5.41) is 3.36. The van der Waals surface area contributed by atoms with Crippen LogP contribution < -0.4 is 9.62 Å². The number of amides is 2. The molecule has 0 saturated carbocycles. The van der Waals surface area contributed by atoms with Crippen LogP contribution in [0, 0.1) is 5.82 Å². The third-order valence-electron chi connectivity index (χ3n) is 7.30. The van der Waals surface area contributed by atoms with E-state index < -0.39 is 40.2 Å². The standard InChI is InChI=1S/C34H35ClFN3O4S/c1-3-25(2)37-34(41)32(22-26-14-6-4-7-15-26)38(23-27-16-10-11-19-29(27)35)33(40)24-39(31-21-13-12-20-30(31)36)44(42,43)28-17-8-5-9-18-28/h4-21,25,32H,3,22-24H2,1-2H3,(H,37,41)/t25-,32+/m0/s1. The molecule has 0 saturated heterocycles. The summed E-state index contributed by atoms with van der Waals surface area (Å²) in [4.78, 5) is 29.5. The summed E-state index contributed by atoms with van der Waals surface area (Å²) in [6.45, 7) is 2.96. The second-order valence-corrected chi connectivity index (χ2v) is 12.7. The molecule has 44 heavy (non-hydrogen) atoms. The van der Waals surface area contributed by atoms with E-state index in [1.54, 1.807) is 42.5 Å². The lowest BCUT2D eigenvalue weighted by atomic mass is 10.0. The zero-order valence-electron chi connectivity index (χ0n) is 24.6. The fraction of sp³-hybridized carbons (Fsp3) is 0.235. The Morgan fingerprint density at radius 3 is 2.09 bits per heavy atom. The zero-order chi connectivity index (χ0) is 31.7. The molecule has 0 radical (unpaired) electrons. The highest BCUT2D eigenvalue weighted by molar-refractivity contribution is 7.92. The average molecular weight is 636 g/mol. The third kappa shape index (κ3) is 8.03. The SMILES string of the molecule is CC[C@H](C)NC(=O)[C@@H](Cc1ccccc1)N(Cc1ccccc1Cl)C(=O)CN(c1ccccc1F)S(=O)(=O)c1ccccc1. The van der Waals surface area contributed by atoms with Gasteiger partial charge in [-0.05, 0) is 54.8 Å². The van der Waals surface area contributed by atoms with Crippen molar-refractivity contribution >= 4 is 39.1 Å². The normalized spacial score (nSPS) is 12.6. The summed E-state index contributed by atoms with van der Waals surface area (Å²) in [7, 11) is -4.39. The fourth-order valence-corrected chi connectivity index (χ4v) is 6.33. The molecule has 0 aromatic heterocycles. The summed E-state index contributed by atoms with van der Waals surface area (Å²) in [5.41, 5.74) is 1.09. The predicted molar refractivity (Wildman–Crippen MR) is 171 cm³/mol. The van der Waals surface area contributed by atoms with Crippen molar-refractivity contribution in [1.82, 2.24) is 10.2 Å². The van der Waals surface area contributed by atoms with Crippen molar-refractivity contribution in [3.05, 3.63) is 131 Å². The molecule has 0 fully saturated rings. The van der Waals surface area contributed by atoms with Crippen LogP contribution in [0.15, 0.2) is 114 Å². The van der Waals surface area contributed by atoms with Crippen LogP contribution in [-0.2, 0) is 32.6 Å². The van der Waals surface area contributed by atoms with E-state index in [9.17, 15) is 18.0 Å². The molecule has 0 aliphatic heterocycles. The first-order valence-corrected chi connectivity index (χ1v) is 16.1. The van der Waals surface area contributed by atoms with Gasteiger partial charge < -0.3 is 10.2 Å². The molecule has 0 unspecified atom stereocenters. The molecule has 2 amide bonds. The molecule has 1 N–H and O–H groups in total. The Morgan fingerprint density at radius 2 is 1.45 bits per heavy atom. The van der Waals surface area contributed by atoms with Crippen LogP contribution in [0.1, 0.15) is 31.4 Å². The number of carbonyl (C=O) groups excluding carboxylic acids is 2. The molecular formula is C34H35ClFN3O4S. The topological polar surface area (TPSA) is 86.8 Å². The van der Waals surface area contributed by atoms with E-state index in [1.807, 2.05) is 44.2 Å². The van der Waals surface area contributed by atoms with Crippen LogP contribution in [0.3, 0.4) is 0 Å². The molecule has 4 aromatic rings. The van der Waals surface area contributed by atoms with Gasteiger partial charge in [-0.25, -0.2) is 12.8 Å². The van der Waals surface area contributed by atoms with Crippen molar-refractivity contribution in [3.8, 4) is 0 Å². The molecule has 4 rings (SSSR count). The van der Waals surface area contributed by atoms with E-state index >= 15 is 4.39 Å². The molecule has 230 valence electrons. The van der Waals surface area contributed by atoms with Gasteiger partial charge >= 0.3 is 0 Å². The number of nitrogens with one attached hydrogen (secondary N) is 1. The minimum absolute atomic E-state index is 0.0829. The van der Waals surface area contributed by atoms with Crippen molar-refractivity contribution in [3.63, 3.8) is 0 Å². The maximum Gasteiger partial charge on any atom is 0.264 e. The molecule has 0 aliphatic carbocycles. The number of sulfonamides is 1. The molecule has 0 heterocycles. The number of halogens is 2. The van der Waals surface area contributed by atoms with E-state index in [1.165, 1.54) is 35.2 Å². The fourth-order valence-electron chi connectivity index (χ4n) is 4.69. The number of rotatable bonds is 13. The number of carbonyl (C=O) groups is 2. The molecular weight excluding hydrogens is 601 g/mol. The number of para-hydroxylation sites is 1. The zero-order valence-corrected chi connectivity index (χ0v) is 26.1. The highest BCUT2D eigenvalue weighted by Gasteiger charge is 2.35. The molecule has 2 atom stereocenters. The average Bonchev–Trinajstić information content (AvgIpc) is 3.03. The lowest BCUT2D eigenvalue weighted by molar-refractivity contribution is -0.140. The van der Waals surface area contributed by atoms with Crippen molar-refractivity contribution in [2.75, 3.05) is 10.8 Å². The second-order valence-electron chi connectivity index (χ2n) is 10.4. The molecule has 10 heteroatoms. The summed E-state index contributed by atoms with van der Waals surface area (Å²) >= 11 is 6.50. The molecule has 0 spiro atoms. The molecule has 4 aromatic carbocycles. The van der Waals surface area contributed by atoms with Gasteiger partial charge in [-0.3, -0.25) is 13.9 Å². The Hall–Kier alpha value is -4.21. The number of nitrogens with zero attached hydrogens (tertiary/aromatic N) is 2. The lowest BCUT2D eigenvalue weighted by Gasteiger charge is -2.34. The number of anilines is 1. The van der Waals surface area contributed by atoms with E-state index in [0.29, 0.717) is 17.0 Å². The molecule has 0 aliphatic rings. The van der Waals surface area contributed by atoms with Crippen molar-refractivity contribution < 1.29 is 22.4 Å². The predicted octanol–water partition coefficient (Wildman–Crippen LogP) is 6.23. The number of hydrogen-bond donors (Lipinski definition) is 1. The van der Waals surface area contributed by atoms with Crippen molar-refractivity contribution in [1.29, 1.82) is 0 Å². The van der Waals surface area contributed by atoms with E-state index in [0.717, 1.165) is 15.9 Å². The van der Waals surface area contributed by atoms with Crippen molar-refractivity contribution in [2.24, 2.45) is 0 Å². The first-order valence-electron chi connectivity index (χ1n) is 14.3. The van der Waals surface area contributed by atoms with Crippen LogP contribution >= 0.6 is 11.6 Å². The van der Waals surface area contributed by atoms with Gasteiger partial charge in [0, 0.05) is 24.0 Å². The van der Waals surface area contributed by atoms with Gasteiger partial charge in [0.2, 0.25) is 11.8 Å². The highest BCUT2D eigenvalue weighted by Crippen LogP contribution is 2.28. The Kier molecular flexibility index (Phi) is 11.1. The molecule has 0 bridgehead atoms. The lowest BCUT2D eigenvalue weighted by Crippen LogP contribution is -2.54. The van der Waals surface area contributed by atoms with Gasteiger partial charge in [0.05, 0.1) is 10.6 Å². The van der Waals surface area contributed by atoms with Gasteiger partial charge in [0.15, 0.2) is 0 Å². The van der Waals surface area contributed by atoms with Gasteiger partial charge in [-0.1, -0.05) is 97.4 Å². The summed E-state index contributed by atoms with van der Waals surface area (Å²) in [6, 6.07) is 27.9. The first-order chi connectivity index (χ1) is 21.1. The van der Waals surface area contributed by atoms with Crippen molar-refractivity contribution in [2.45, 2.75) is 50.2 Å². The van der Waals surface area contributed by atoms with Gasteiger partial charge in [0.25, 0.3) is 10.0 Å². The van der Waals surface area contributed by atoms with Crippen LogP contribution in [0.2, 0.25) is 5.02 Å². The van der Waals surface area contributed by atoms with Crippen LogP contribution in [0.4, 0.5) is 10.1 Å². The van der Waals surface area contributed by atoms with Crippen LogP contribution in [-0.4, -0.2) is 43.8 Å². The van der Waals surface area contributed by atoms with E-state index in [4.69, 9.17) is 11.6 Å². The maximum atomic E-state index is 15.2. The highest BCUT2D eigenvalue weighted by atomic mass is 35.5. The third-order valence-corrected chi connectivity index (χ3v) is 9.44. The summed E-state index contributed by atoms with van der Waals surface area (Å²) in [5.74, 6) is -1.91. The summed E-state index contributed by atoms with van der Waals surface area (Å²) in [6.07, 6.45) is 0.822. The number of hydrogen-bond acceptors (Lipinski definition) is 4. The van der Waals surface area contributed by atoms with Crippen LogP contribution in [0.25, 0.3) is 0 Å².